The second-order valence-electron chi connectivity index (χ2n) is 6.48. The Morgan fingerprint density at radius 1 is 0.889 bits per heavy atom. The molecule has 0 heterocycles. The van der Waals surface area contributed by atoms with Crippen LogP contribution in [0.5, 0.6) is 0 Å². The standard InChI is InChI=1S/C16H32N2/c1-17-16(11-7-4-8-12-16)13-14-18-15-9-5-2-3-6-10-15/h15,17-18H,2-14H2,1H3. The minimum atomic E-state index is 0.454. The summed E-state index contributed by atoms with van der Waals surface area (Å²) in [7, 11) is 2.16. The lowest BCUT2D eigenvalue weighted by molar-refractivity contribution is 0.224. The van der Waals surface area contributed by atoms with Crippen LogP contribution in [0.3, 0.4) is 0 Å². The molecule has 2 rings (SSSR count). The summed E-state index contributed by atoms with van der Waals surface area (Å²) in [6, 6.07) is 0.810. The number of nitrogens with one attached hydrogen (secondary N) is 2. The van der Waals surface area contributed by atoms with E-state index in [0.29, 0.717) is 5.54 Å². The molecule has 2 aliphatic carbocycles. The molecule has 106 valence electrons. The van der Waals surface area contributed by atoms with Crippen LogP contribution >= 0.6 is 0 Å². The maximum Gasteiger partial charge on any atom is 0.0190 e. The van der Waals surface area contributed by atoms with Crippen LogP contribution in [0.25, 0.3) is 0 Å². The van der Waals surface area contributed by atoms with E-state index in [2.05, 4.69) is 17.7 Å². The zero-order valence-corrected chi connectivity index (χ0v) is 12.3. The largest absolute Gasteiger partial charge is 0.314 e. The molecule has 2 saturated carbocycles. The van der Waals surface area contributed by atoms with Crippen molar-refractivity contribution < 1.29 is 0 Å². The quantitative estimate of drug-likeness (QED) is 0.730. The lowest BCUT2D eigenvalue weighted by Crippen LogP contribution is -2.47. The molecule has 0 radical (unpaired) electrons. The van der Waals surface area contributed by atoms with Crippen LogP contribution in [0.2, 0.25) is 0 Å². The first-order valence-electron chi connectivity index (χ1n) is 8.27. The van der Waals surface area contributed by atoms with E-state index in [1.54, 1.807) is 0 Å². The van der Waals surface area contributed by atoms with E-state index in [4.69, 9.17) is 0 Å². The topological polar surface area (TPSA) is 24.1 Å². The Kier molecular flexibility index (Phi) is 5.97. The molecule has 2 fully saturated rings. The third-order valence-electron chi connectivity index (χ3n) is 5.23. The molecule has 0 aromatic rings. The van der Waals surface area contributed by atoms with Crippen molar-refractivity contribution in [3.05, 3.63) is 0 Å². The highest BCUT2D eigenvalue weighted by atomic mass is 15.0. The van der Waals surface area contributed by atoms with E-state index in [9.17, 15) is 0 Å². The van der Waals surface area contributed by atoms with Gasteiger partial charge in [0, 0.05) is 11.6 Å². The van der Waals surface area contributed by atoms with Gasteiger partial charge in [-0.2, -0.15) is 0 Å². The maximum absolute atomic E-state index is 3.83. The van der Waals surface area contributed by atoms with Crippen molar-refractivity contribution in [1.82, 2.24) is 10.6 Å². The molecule has 0 aromatic heterocycles. The van der Waals surface area contributed by atoms with Crippen LogP contribution in [0.1, 0.15) is 77.0 Å². The van der Waals surface area contributed by atoms with Gasteiger partial charge in [-0.3, -0.25) is 0 Å². The summed E-state index contributed by atoms with van der Waals surface area (Å²) in [5.41, 5.74) is 0.454. The third kappa shape index (κ3) is 4.24. The molecule has 2 aliphatic rings. The van der Waals surface area contributed by atoms with Gasteiger partial charge in [0.05, 0.1) is 0 Å². The van der Waals surface area contributed by atoms with Gasteiger partial charge >= 0.3 is 0 Å². The second kappa shape index (κ2) is 7.49. The van der Waals surface area contributed by atoms with Gasteiger partial charge in [-0.25, -0.2) is 0 Å². The van der Waals surface area contributed by atoms with Crippen molar-refractivity contribution in [3.8, 4) is 0 Å². The van der Waals surface area contributed by atoms with E-state index in [1.165, 1.54) is 83.6 Å². The Hall–Kier alpha value is -0.0800. The summed E-state index contributed by atoms with van der Waals surface area (Å²) < 4.78 is 0. The van der Waals surface area contributed by atoms with Crippen LogP contribution in [0, 0.1) is 0 Å². The smallest absolute Gasteiger partial charge is 0.0190 e. The minimum Gasteiger partial charge on any atom is -0.314 e. The van der Waals surface area contributed by atoms with Crippen LogP contribution in [-0.2, 0) is 0 Å². The van der Waals surface area contributed by atoms with Crippen LogP contribution in [0.15, 0.2) is 0 Å². The summed E-state index contributed by atoms with van der Waals surface area (Å²) in [6.45, 7) is 1.21. The average molecular weight is 252 g/mol. The van der Waals surface area contributed by atoms with Crippen molar-refractivity contribution in [2.45, 2.75) is 88.6 Å². The maximum atomic E-state index is 3.83. The molecule has 2 heteroatoms. The zero-order chi connectivity index (χ0) is 12.7. The Labute approximate surface area is 113 Å². The highest BCUT2D eigenvalue weighted by molar-refractivity contribution is 4.90. The monoisotopic (exact) mass is 252 g/mol. The fraction of sp³-hybridized carbons (Fsp3) is 1.00. The molecule has 0 aliphatic heterocycles. The van der Waals surface area contributed by atoms with Crippen LogP contribution < -0.4 is 10.6 Å². The van der Waals surface area contributed by atoms with E-state index in [1.807, 2.05) is 0 Å². The SMILES string of the molecule is CNC1(CCNC2CCCCCC2)CCCCC1. The molecule has 0 unspecified atom stereocenters. The fourth-order valence-corrected chi connectivity index (χ4v) is 3.85. The van der Waals surface area contributed by atoms with Gasteiger partial charge in [0.1, 0.15) is 0 Å². The van der Waals surface area contributed by atoms with Gasteiger partial charge in [0.25, 0.3) is 0 Å². The molecule has 18 heavy (non-hydrogen) atoms. The molecular weight excluding hydrogens is 220 g/mol. The molecule has 2 N–H and O–H groups in total. The Morgan fingerprint density at radius 3 is 2.11 bits per heavy atom. The van der Waals surface area contributed by atoms with Crippen molar-refractivity contribution >= 4 is 0 Å². The number of hydrogen-bond acceptors (Lipinski definition) is 2. The van der Waals surface area contributed by atoms with Crippen molar-refractivity contribution in [2.24, 2.45) is 0 Å². The molecule has 0 atom stereocenters. The first-order valence-corrected chi connectivity index (χ1v) is 8.27. The summed E-state index contributed by atoms with van der Waals surface area (Å²) >= 11 is 0. The van der Waals surface area contributed by atoms with E-state index >= 15 is 0 Å². The summed E-state index contributed by atoms with van der Waals surface area (Å²) in [6.07, 6.45) is 17.0. The normalized spacial score (nSPS) is 25.8. The molecule has 0 spiro atoms. The van der Waals surface area contributed by atoms with Crippen molar-refractivity contribution in [3.63, 3.8) is 0 Å². The molecule has 0 saturated heterocycles. The second-order valence-corrected chi connectivity index (χ2v) is 6.48. The van der Waals surface area contributed by atoms with E-state index in [0.717, 1.165) is 6.04 Å². The fourth-order valence-electron chi connectivity index (χ4n) is 3.85. The van der Waals surface area contributed by atoms with E-state index in [-0.39, 0.29) is 0 Å². The van der Waals surface area contributed by atoms with Gasteiger partial charge < -0.3 is 10.6 Å². The van der Waals surface area contributed by atoms with Gasteiger partial charge in [-0.05, 0) is 45.7 Å². The summed E-state index contributed by atoms with van der Waals surface area (Å²) in [4.78, 5) is 0. The van der Waals surface area contributed by atoms with Crippen molar-refractivity contribution in [1.29, 1.82) is 0 Å². The number of hydrogen-bond donors (Lipinski definition) is 2. The third-order valence-corrected chi connectivity index (χ3v) is 5.23. The molecule has 2 nitrogen and oxygen atoms in total. The Balaban J connectivity index is 1.69. The lowest BCUT2D eigenvalue weighted by atomic mass is 9.79. The van der Waals surface area contributed by atoms with Gasteiger partial charge in [-0.15, -0.1) is 0 Å². The molecular formula is C16H32N2. The highest BCUT2D eigenvalue weighted by Crippen LogP contribution is 2.30. The first kappa shape index (κ1) is 14.3. The van der Waals surface area contributed by atoms with Crippen LogP contribution in [0.4, 0.5) is 0 Å². The van der Waals surface area contributed by atoms with E-state index < -0.39 is 0 Å². The van der Waals surface area contributed by atoms with Crippen LogP contribution in [-0.4, -0.2) is 25.2 Å². The van der Waals surface area contributed by atoms with Gasteiger partial charge in [0.15, 0.2) is 0 Å². The minimum absolute atomic E-state index is 0.454. The molecule has 0 aromatic carbocycles. The predicted octanol–water partition coefficient (Wildman–Crippen LogP) is 3.61. The molecule has 0 amide bonds. The average Bonchev–Trinajstić information content (AvgIpc) is 2.69. The van der Waals surface area contributed by atoms with Crippen molar-refractivity contribution in [2.75, 3.05) is 13.6 Å². The number of rotatable bonds is 5. The zero-order valence-electron chi connectivity index (χ0n) is 12.3. The first-order chi connectivity index (χ1) is 8.85. The van der Waals surface area contributed by atoms with Gasteiger partial charge in [0.2, 0.25) is 0 Å². The van der Waals surface area contributed by atoms with Gasteiger partial charge in [-0.1, -0.05) is 44.9 Å². The lowest BCUT2D eigenvalue weighted by Gasteiger charge is -2.37. The summed E-state index contributed by atoms with van der Waals surface area (Å²) in [5, 5.41) is 7.46. The Bertz CT molecular complexity index is 213. The Morgan fingerprint density at radius 2 is 1.50 bits per heavy atom. The molecule has 0 bridgehead atoms. The predicted molar refractivity (Wildman–Crippen MR) is 79.0 cm³/mol. The highest BCUT2D eigenvalue weighted by Gasteiger charge is 2.29. The summed E-state index contributed by atoms with van der Waals surface area (Å²) in [5.74, 6) is 0.